The molecule has 0 spiro atoms. The van der Waals surface area contributed by atoms with E-state index in [9.17, 15) is 9.90 Å². The summed E-state index contributed by atoms with van der Waals surface area (Å²) in [4.78, 5) is 13.7. The van der Waals surface area contributed by atoms with Crippen molar-refractivity contribution in [1.82, 2.24) is 4.90 Å². The van der Waals surface area contributed by atoms with Gasteiger partial charge < -0.3 is 10.0 Å². The first-order valence-corrected chi connectivity index (χ1v) is 6.58. The summed E-state index contributed by atoms with van der Waals surface area (Å²) in [5.41, 5.74) is 0.635. The highest BCUT2D eigenvalue weighted by Gasteiger charge is 2.25. The largest absolute Gasteiger partial charge is 0.391 e. The maximum atomic E-state index is 12.1. The molecule has 1 aromatic carbocycles. The number of carbonyl (C=O) groups is 1. The molecule has 1 aliphatic rings. The molecular weight excluding hydrogens is 338 g/mol. The quantitative estimate of drug-likeness (QED) is 0.846. The van der Waals surface area contributed by atoms with Gasteiger partial charge >= 0.3 is 0 Å². The number of benzene rings is 1. The molecule has 5 heteroatoms. The fourth-order valence-corrected chi connectivity index (χ4v) is 3.08. The number of nitrogens with zero attached hydrogens (tertiary/aromatic N) is 1. The molecule has 2 rings (SSSR count). The third-order valence-corrected chi connectivity index (χ3v) is 3.48. The summed E-state index contributed by atoms with van der Waals surface area (Å²) in [5.74, 6) is -0.0291. The lowest BCUT2D eigenvalue weighted by Gasteiger charge is -2.15. The molecule has 0 aliphatic carbocycles. The first-order chi connectivity index (χ1) is 7.56. The molecule has 86 valence electrons. The number of β-amino-alcohol motifs (C(OH)–C–C–N with tert-alkyl or cyclic N) is 1. The molecular formula is C11H11Br2NO2. The zero-order valence-electron chi connectivity index (χ0n) is 8.49. The van der Waals surface area contributed by atoms with Crippen LogP contribution >= 0.6 is 31.9 Å². The minimum absolute atomic E-state index is 0.0291. The highest BCUT2D eigenvalue weighted by atomic mass is 79.9. The summed E-state index contributed by atoms with van der Waals surface area (Å²) in [6.45, 7) is 1.06. The minimum atomic E-state index is -0.375. The Morgan fingerprint density at radius 2 is 1.94 bits per heavy atom. The maximum Gasteiger partial charge on any atom is 0.254 e. The van der Waals surface area contributed by atoms with Crippen molar-refractivity contribution >= 4 is 37.8 Å². The normalized spacial score (nSPS) is 20.2. The second kappa shape index (κ2) is 4.85. The lowest BCUT2D eigenvalue weighted by molar-refractivity contribution is 0.0765. The topological polar surface area (TPSA) is 40.5 Å². The number of likely N-dealkylation sites (tertiary alicyclic amines) is 1. The molecule has 0 saturated carbocycles. The molecule has 1 heterocycles. The minimum Gasteiger partial charge on any atom is -0.391 e. The van der Waals surface area contributed by atoms with Gasteiger partial charge in [-0.25, -0.2) is 0 Å². The van der Waals surface area contributed by atoms with Crippen LogP contribution in [0.15, 0.2) is 27.1 Å². The zero-order chi connectivity index (χ0) is 11.7. The van der Waals surface area contributed by atoms with Crippen LogP contribution in [0.1, 0.15) is 16.8 Å². The van der Waals surface area contributed by atoms with E-state index in [0.717, 1.165) is 8.95 Å². The van der Waals surface area contributed by atoms with E-state index in [0.29, 0.717) is 25.1 Å². The molecule has 1 amide bonds. The maximum absolute atomic E-state index is 12.1. The fourth-order valence-electron chi connectivity index (χ4n) is 1.79. The van der Waals surface area contributed by atoms with E-state index >= 15 is 0 Å². The fraction of sp³-hybridized carbons (Fsp3) is 0.364. The van der Waals surface area contributed by atoms with Crippen molar-refractivity contribution in [3.63, 3.8) is 0 Å². The Kier molecular flexibility index (Phi) is 3.66. The predicted molar refractivity (Wildman–Crippen MR) is 68.4 cm³/mol. The first kappa shape index (κ1) is 12.1. The van der Waals surface area contributed by atoms with Crippen molar-refractivity contribution in [3.8, 4) is 0 Å². The average Bonchev–Trinajstić information content (AvgIpc) is 2.62. The number of hydrogen-bond acceptors (Lipinski definition) is 2. The van der Waals surface area contributed by atoms with Gasteiger partial charge in [0, 0.05) is 27.6 Å². The van der Waals surface area contributed by atoms with Gasteiger partial charge in [0.25, 0.3) is 5.91 Å². The van der Waals surface area contributed by atoms with E-state index in [1.54, 1.807) is 17.0 Å². The Labute approximate surface area is 111 Å². The highest BCUT2D eigenvalue weighted by molar-refractivity contribution is 9.11. The van der Waals surface area contributed by atoms with Crippen LogP contribution < -0.4 is 0 Å². The number of carbonyl (C=O) groups excluding carboxylic acids is 1. The summed E-state index contributed by atoms with van der Waals surface area (Å²) >= 11 is 6.70. The number of rotatable bonds is 1. The molecule has 1 aliphatic heterocycles. The van der Waals surface area contributed by atoms with Gasteiger partial charge in [-0.15, -0.1) is 0 Å². The van der Waals surface area contributed by atoms with Crippen molar-refractivity contribution in [3.05, 3.63) is 32.7 Å². The SMILES string of the molecule is O=C(c1cc(Br)cc(Br)c1)N1CC[C@H](O)C1. The van der Waals surface area contributed by atoms with Crippen LogP contribution in [0.4, 0.5) is 0 Å². The van der Waals surface area contributed by atoms with Crippen molar-refractivity contribution in [1.29, 1.82) is 0 Å². The Bertz CT molecular complexity index is 402. The van der Waals surface area contributed by atoms with Crippen LogP contribution in [0.25, 0.3) is 0 Å². The number of aliphatic hydroxyl groups excluding tert-OH is 1. The molecule has 1 N–H and O–H groups in total. The summed E-state index contributed by atoms with van der Waals surface area (Å²) in [6.07, 6.45) is 0.292. The van der Waals surface area contributed by atoms with Gasteiger partial charge in [-0.05, 0) is 24.6 Å². The van der Waals surface area contributed by atoms with E-state index in [2.05, 4.69) is 31.9 Å². The van der Waals surface area contributed by atoms with Gasteiger partial charge in [-0.2, -0.15) is 0 Å². The smallest absolute Gasteiger partial charge is 0.254 e. The Hall–Kier alpha value is -0.390. The lowest BCUT2D eigenvalue weighted by Crippen LogP contribution is -2.29. The van der Waals surface area contributed by atoms with Gasteiger partial charge in [-0.3, -0.25) is 4.79 Å². The second-order valence-electron chi connectivity index (χ2n) is 3.85. The molecule has 0 radical (unpaired) electrons. The second-order valence-corrected chi connectivity index (χ2v) is 5.68. The standard InChI is InChI=1S/C11H11Br2NO2/c12-8-3-7(4-9(13)5-8)11(16)14-2-1-10(15)6-14/h3-5,10,15H,1-2,6H2/t10-/m0/s1. The van der Waals surface area contributed by atoms with E-state index in [4.69, 9.17) is 0 Å². The number of hydrogen-bond donors (Lipinski definition) is 1. The summed E-state index contributed by atoms with van der Waals surface area (Å²) < 4.78 is 1.73. The van der Waals surface area contributed by atoms with Crippen LogP contribution in [0, 0.1) is 0 Å². The van der Waals surface area contributed by atoms with Crippen molar-refractivity contribution in [2.75, 3.05) is 13.1 Å². The van der Waals surface area contributed by atoms with Crippen molar-refractivity contribution < 1.29 is 9.90 Å². The summed E-state index contributed by atoms with van der Waals surface area (Å²) in [7, 11) is 0. The van der Waals surface area contributed by atoms with Gasteiger partial charge in [0.2, 0.25) is 0 Å². The average molecular weight is 349 g/mol. The molecule has 1 atom stereocenters. The van der Waals surface area contributed by atoms with Crippen molar-refractivity contribution in [2.45, 2.75) is 12.5 Å². The molecule has 1 aromatic rings. The highest BCUT2D eigenvalue weighted by Crippen LogP contribution is 2.22. The number of amides is 1. The van der Waals surface area contributed by atoms with Gasteiger partial charge in [0.1, 0.15) is 0 Å². The zero-order valence-corrected chi connectivity index (χ0v) is 11.7. The van der Waals surface area contributed by atoms with Crippen LogP contribution in [-0.2, 0) is 0 Å². The van der Waals surface area contributed by atoms with Crippen LogP contribution in [-0.4, -0.2) is 35.1 Å². The Morgan fingerprint density at radius 1 is 1.31 bits per heavy atom. The van der Waals surface area contributed by atoms with Gasteiger partial charge in [-0.1, -0.05) is 31.9 Å². The predicted octanol–water partition coefficient (Wildman–Crippen LogP) is 2.42. The summed E-state index contributed by atoms with van der Waals surface area (Å²) in [6, 6.07) is 5.46. The van der Waals surface area contributed by atoms with E-state index in [1.165, 1.54) is 0 Å². The van der Waals surface area contributed by atoms with Gasteiger partial charge in [0.05, 0.1) is 6.10 Å². The monoisotopic (exact) mass is 347 g/mol. The van der Waals surface area contributed by atoms with Crippen LogP contribution in [0.5, 0.6) is 0 Å². The number of halogens is 2. The molecule has 3 nitrogen and oxygen atoms in total. The molecule has 0 aromatic heterocycles. The Balaban J connectivity index is 2.20. The van der Waals surface area contributed by atoms with E-state index in [1.807, 2.05) is 6.07 Å². The lowest BCUT2D eigenvalue weighted by atomic mass is 10.2. The third-order valence-electron chi connectivity index (χ3n) is 2.56. The van der Waals surface area contributed by atoms with Crippen molar-refractivity contribution in [2.24, 2.45) is 0 Å². The molecule has 0 unspecified atom stereocenters. The number of aliphatic hydroxyl groups is 1. The summed E-state index contributed by atoms with van der Waals surface area (Å²) in [5, 5.41) is 9.39. The van der Waals surface area contributed by atoms with Crippen LogP contribution in [0.3, 0.4) is 0 Å². The molecule has 1 saturated heterocycles. The van der Waals surface area contributed by atoms with Crippen LogP contribution in [0.2, 0.25) is 0 Å². The third kappa shape index (κ3) is 2.64. The first-order valence-electron chi connectivity index (χ1n) is 4.99. The van der Waals surface area contributed by atoms with E-state index < -0.39 is 0 Å². The van der Waals surface area contributed by atoms with Gasteiger partial charge in [0.15, 0.2) is 0 Å². The molecule has 16 heavy (non-hydrogen) atoms. The Morgan fingerprint density at radius 3 is 2.44 bits per heavy atom. The molecule has 0 bridgehead atoms. The molecule has 1 fully saturated rings. The van der Waals surface area contributed by atoms with E-state index in [-0.39, 0.29) is 12.0 Å².